The zero-order valence-corrected chi connectivity index (χ0v) is 22.1. The first-order valence-corrected chi connectivity index (χ1v) is 13.2. The average Bonchev–Trinajstić information content (AvgIpc) is 2.85. The third kappa shape index (κ3) is 5.50. The third-order valence-electron chi connectivity index (χ3n) is 6.02. The van der Waals surface area contributed by atoms with Gasteiger partial charge in [-0.25, -0.2) is 17.8 Å². The molecular weight excluding hydrogens is 509 g/mol. The van der Waals surface area contributed by atoms with Crippen molar-refractivity contribution in [3.63, 3.8) is 0 Å². The summed E-state index contributed by atoms with van der Waals surface area (Å²) in [6, 6.07) is 16.3. The second-order valence-electron chi connectivity index (χ2n) is 8.96. The highest BCUT2D eigenvalue weighted by Crippen LogP contribution is 2.32. The summed E-state index contributed by atoms with van der Waals surface area (Å²) in [7, 11) is -3.98. The summed E-state index contributed by atoms with van der Waals surface area (Å²) in [5.41, 5.74) is 3.88. The highest BCUT2D eigenvalue weighted by atomic mass is 32.2. The Kier molecular flexibility index (Phi) is 7.45. The zero-order chi connectivity index (χ0) is 27.6. The number of pyridine rings is 1. The molecule has 0 saturated carbocycles. The Morgan fingerprint density at radius 3 is 2.26 bits per heavy atom. The molecule has 0 aliphatic heterocycles. The summed E-state index contributed by atoms with van der Waals surface area (Å²) in [6.45, 7) is 7.28. The fraction of sp³-hybridized carbons (Fsp3) is 0.179. The minimum Gasteiger partial charge on any atom is -0.489 e. The summed E-state index contributed by atoms with van der Waals surface area (Å²) in [5, 5.41) is 14.4. The van der Waals surface area contributed by atoms with Crippen LogP contribution in [0.5, 0.6) is 5.75 Å². The van der Waals surface area contributed by atoms with Crippen molar-refractivity contribution < 1.29 is 22.5 Å². The van der Waals surface area contributed by atoms with E-state index in [9.17, 15) is 22.9 Å². The Balaban J connectivity index is 1.62. The van der Waals surface area contributed by atoms with Gasteiger partial charge in [-0.1, -0.05) is 23.8 Å². The molecule has 0 unspecified atom stereocenters. The summed E-state index contributed by atoms with van der Waals surface area (Å²) in [4.78, 5) is 15.0. The number of nitro groups is 1. The van der Waals surface area contributed by atoms with E-state index in [1.54, 1.807) is 13.0 Å². The Morgan fingerprint density at radius 1 is 0.974 bits per heavy atom. The van der Waals surface area contributed by atoms with Gasteiger partial charge in [0, 0.05) is 17.4 Å². The van der Waals surface area contributed by atoms with E-state index in [-0.39, 0.29) is 33.5 Å². The van der Waals surface area contributed by atoms with Crippen molar-refractivity contribution in [1.29, 1.82) is 0 Å². The van der Waals surface area contributed by atoms with Crippen LogP contribution in [0.1, 0.15) is 27.9 Å². The van der Waals surface area contributed by atoms with E-state index < -0.39 is 26.3 Å². The van der Waals surface area contributed by atoms with Gasteiger partial charge in [0.25, 0.3) is 5.69 Å². The van der Waals surface area contributed by atoms with Crippen LogP contribution in [0.3, 0.4) is 0 Å². The molecule has 0 aliphatic carbocycles. The molecule has 0 bridgehead atoms. The quantitative estimate of drug-likeness (QED) is 0.202. The van der Waals surface area contributed by atoms with Crippen molar-refractivity contribution in [2.45, 2.75) is 44.1 Å². The molecule has 4 aromatic rings. The first-order chi connectivity index (χ1) is 18.0. The number of benzene rings is 3. The molecule has 1 heterocycles. The van der Waals surface area contributed by atoms with Gasteiger partial charge in [-0.3, -0.25) is 10.1 Å². The smallest absolute Gasteiger partial charge is 0.278 e. The molecule has 10 heteroatoms. The Morgan fingerprint density at radius 2 is 1.63 bits per heavy atom. The number of ether oxygens (including phenoxy) is 1. The summed E-state index contributed by atoms with van der Waals surface area (Å²) in [5.74, 6) is -0.315. The zero-order valence-electron chi connectivity index (χ0n) is 21.3. The molecular formula is C28H26FN3O5S. The van der Waals surface area contributed by atoms with Crippen LogP contribution < -0.4 is 10.1 Å². The first kappa shape index (κ1) is 26.7. The van der Waals surface area contributed by atoms with Gasteiger partial charge in [0.05, 0.1) is 9.82 Å². The van der Waals surface area contributed by atoms with Crippen LogP contribution in [0.2, 0.25) is 0 Å². The van der Waals surface area contributed by atoms with Crippen molar-refractivity contribution in [3.05, 3.63) is 111 Å². The molecule has 1 N–H and O–H groups in total. The van der Waals surface area contributed by atoms with Crippen LogP contribution in [0.25, 0.3) is 0 Å². The van der Waals surface area contributed by atoms with Crippen LogP contribution in [0, 0.1) is 43.6 Å². The number of aromatic nitrogens is 1. The molecule has 4 rings (SSSR count). The first-order valence-electron chi connectivity index (χ1n) is 11.7. The lowest BCUT2D eigenvalue weighted by Crippen LogP contribution is -2.09. The van der Waals surface area contributed by atoms with Crippen molar-refractivity contribution in [2.75, 3.05) is 5.32 Å². The van der Waals surface area contributed by atoms with E-state index >= 15 is 0 Å². The molecule has 1 aromatic heterocycles. The lowest BCUT2D eigenvalue weighted by molar-refractivity contribution is -0.386. The number of rotatable bonds is 8. The maximum Gasteiger partial charge on any atom is 0.278 e. The fourth-order valence-corrected chi connectivity index (χ4v) is 5.55. The van der Waals surface area contributed by atoms with Crippen LogP contribution in [-0.4, -0.2) is 18.3 Å². The van der Waals surface area contributed by atoms with Crippen molar-refractivity contribution >= 4 is 27.0 Å². The average molecular weight is 536 g/mol. The van der Waals surface area contributed by atoms with Gasteiger partial charge < -0.3 is 10.1 Å². The fourth-order valence-electron chi connectivity index (χ4n) is 4.20. The minimum absolute atomic E-state index is 0.00720. The highest BCUT2D eigenvalue weighted by molar-refractivity contribution is 7.91. The molecule has 0 saturated heterocycles. The largest absolute Gasteiger partial charge is 0.489 e. The Bertz CT molecular complexity index is 1610. The molecule has 3 aromatic carbocycles. The number of sulfone groups is 1. The van der Waals surface area contributed by atoms with Crippen LogP contribution in [0.15, 0.2) is 76.5 Å². The lowest BCUT2D eigenvalue weighted by atomic mass is 10.1. The molecule has 0 atom stereocenters. The monoisotopic (exact) mass is 535 g/mol. The normalized spacial score (nSPS) is 11.3. The Hall–Kier alpha value is -4.31. The number of hydrogen-bond donors (Lipinski definition) is 1. The van der Waals surface area contributed by atoms with Gasteiger partial charge >= 0.3 is 0 Å². The van der Waals surface area contributed by atoms with E-state index in [2.05, 4.69) is 10.3 Å². The maximum atomic E-state index is 14.1. The Labute approximate surface area is 220 Å². The van der Waals surface area contributed by atoms with E-state index in [0.29, 0.717) is 5.69 Å². The van der Waals surface area contributed by atoms with Gasteiger partial charge in [0.2, 0.25) is 9.84 Å². The van der Waals surface area contributed by atoms with Gasteiger partial charge in [0.1, 0.15) is 34.5 Å². The molecule has 0 radical (unpaired) electrons. The summed E-state index contributed by atoms with van der Waals surface area (Å²) >= 11 is 0. The second kappa shape index (κ2) is 10.6. The topological polar surface area (TPSA) is 111 Å². The number of hydrogen-bond acceptors (Lipinski definition) is 7. The van der Waals surface area contributed by atoms with Gasteiger partial charge in [0.15, 0.2) is 0 Å². The molecule has 0 fully saturated rings. The highest BCUT2D eigenvalue weighted by Gasteiger charge is 2.24. The van der Waals surface area contributed by atoms with Crippen LogP contribution >= 0.6 is 0 Å². The molecule has 196 valence electrons. The van der Waals surface area contributed by atoms with Gasteiger partial charge in [-0.05, 0) is 81.3 Å². The van der Waals surface area contributed by atoms with Gasteiger partial charge in [-0.15, -0.1) is 0 Å². The molecule has 38 heavy (non-hydrogen) atoms. The van der Waals surface area contributed by atoms with E-state index in [1.807, 2.05) is 32.9 Å². The standard InChI is InChI=1S/C28H26FN3O5S/c1-17-14-18(2)27(19(3)15-17)31-28-26(13-8-20(4)30-28)38(35,36)22-11-9-21(10-12-22)37-16-23-24(29)6-5-7-25(23)32(33)34/h5-15H,16H2,1-4H3,(H,30,31). The van der Waals surface area contributed by atoms with E-state index in [1.165, 1.54) is 42.5 Å². The van der Waals surface area contributed by atoms with E-state index in [4.69, 9.17) is 4.74 Å². The van der Waals surface area contributed by atoms with Crippen molar-refractivity contribution in [2.24, 2.45) is 0 Å². The second-order valence-corrected chi connectivity index (χ2v) is 10.9. The third-order valence-corrected chi connectivity index (χ3v) is 7.82. The number of nitro benzene ring substituents is 1. The van der Waals surface area contributed by atoms with Crippen molar-refractivity contribution in [3.8, 4) is 5.75 Å². The van der Waals surface area contributed by atoms with Crippen LogP contribution in [0.4, 0.5) is 21.6 Å². The van der Waals surface area contributed by atoms with Crippen molar-refractivity contribution in [1.82, 2.24) is 4.98 Å². The summed E-state index contributed by atoms with van der Waals surface area (Å²) in [6.07, 6.45) is 0. The van der Waals surface area contributed by atoms with Crippen LogP contribution in [-0.2, 0) is 16.4 Å². The molecule has 8 nitrogen and oxygen atoms in total. The lowest BCUT2D eigenvalue weighted by Gasteiger charge is -2.17. The minimum atomic E-state index is -3.98. The summed E-state index contributed by atoms with van der Waals surface area (Å²) < 4.78 is 46.8. The molecule has 0 spiro atoms. The predicted octanol–water partition coefficient (Wildman–Crippen LogP) is 6.52. The number of anilines is 2. The molecule has 0 aliphatic rings. The SMILES string of the molecule is Cc1cc(C)c(Nc2nc(C)ccc2S(=O)(=O)c2ccc(OCc3c(F)cccc3[N+](=O)[O-])cc2)c(C)c1. The number of halogens is 1. The number of aryl methyl sites for hydroxylation is 4. The van der Waals surface area contributed by atoms with E-state index in [0.717, 1.165) is 28.4 Å². The number of nitrogens with zero attached hydrogens (tertiary/aromatic N) is 2. The molecule has 0 amide bonds. The maximum absolute atomic E-state index is 14.1. The predicted molar refractivity (Wildman–Crippen MR) is 142 cm³/mol. The van der Waals surface area contributed by atoms with Gasteiger partial charge in [-0.2, -0.15) is 0 Å². The number of nitrogens with one attached hydrogen (secondary N) is 1.